The summed E-state index contributed by atoms with van der Waals surface area (Å²) in [5, 5.41) is 2.75. The lowest BCUT2D eigenvalue weighted by atomic mass is 10.1. The SMILES string of the molecule is CC[C@@H](C)N1C(=O)/C(=C/c2c(N3CCNC(=O)[C@@H]3CC(=O)OC)nc3ccccn3c2=O)SC1=S. The lowest BCUT2D eigenvalue weighted by molar-refractivity contribution is -0.143. The molecule has 2 aliphatic heterocycles. The first-order chi connectivity index (χ1) is 16.8. The fourth-order valence-electron chi connectivity index (χ4n) is 4.02. The smallest absolute Gasteiger partial charge is 0.308 e. The second-order valence-electron chi connectivity index (χ2n) is 8.17. The molecular formula is C23H25N5O5S2. The van der Waals surface area contributed by atoms with Gasteiger partial charge in [-0.05, 0) is 31.6 Å². The number of aromatic nitrogens is 2. The molecule has 2 fully saturated rings. The number of amides is 2. The van der Waals surface area contributed by atoms with E-state index in [4.69, 9.17) is 17.0 Å². The predicted molar refractivity (Wildman–Crippen MR) is 137 cm³/mol. The van der Waals surface area contributed by atoms with Gasteiger partial charge in [-0.3, -0.25) is 28.5 Å². The van der Waals surface area contributed by atoms with Crippen molar-refractivity contribution in [3.05, 3.63) is 45.2 Å². The van der Waals surface area contributed by atoms with Gasteiger partial charge in [0.1, 0.15) is 21.8 Å². The number of anilines is 1. The highest BCUT2D eigenvalue weighted by molar-refractivity contribution is 8.26. The van der Waals surface area contributed by atoms with Gasteiger partial charge >= 0.3 is 5.97 Å². The maximum atomic E-state index is 13.6. The van der Waals surface area contributed by atoms with Crippen LogP contribution in [0.25, 0.3) is 11.7 Å². The highest BCUT2D eigenvalue weighted by Gasteiger charge is 2.37. The molecule has 0 spiro atoms. The van der Waals surface area contributed by atoms with Crippen molar-refractivity contribution in [1.82, 2.24) is 19.6 Å². The fraction of sp³-hybridized carbons (Fsp3) is 0.391. The Kier molecular flexibility index (Phi) is 7.22. The van der Waals surface area contributed by atoms with Crippen molar-refractivity contribution in [2.45, 2.75) is 38.8 Å². The van der Waals surface area contributed by atoms with E-state index in [-0.39, 0.29) is 35.7 Å². The van der Waals surface area contributed by atoms with Gasteiger partial charge in [-0.1, -0.05) is 37.0 Å². The number of hydrogen-bond acceptors (Lipinski definition) is 9. The Balaban J connectivity index is 1.89. The van der Waals surface area contributed by atoms with Crippen molar-refractivity contribution in [3.8, 4) is 0 Å². The monoisotopic (exact) mass is 515 g/mol. The second kappa shape index (κ2) is 10.2. The first-order valence-electron chi connectivity index (χ1n) is 11.2. The van der Waals surface area contributed by atoms with Gasteiger partial charge in [0.05, 0.1) is 24.0 Å². The maximum absolute atomic E-state index is 13.6. The summed E-state index contributed by atoms with van der Waals surface area (Å²) in [6.45, 7) is 4.50. The number of fused-ring (bicyclic) bond motifs is 1. The van der Waals surface area contributed by atoms with E-state index in [9.17, 15) is 19.2 Å². The number of thioether (sulfide) groups is 1. The van der Waals surface area contributed by atoms with E-state index in [1.54, 1.807) is 34.2 Å². The Morgan fingerprint density at radius 3 is 2.86 bits per heavy atom. The molecule has 10 nitrogen and oxygen atoms in total. The van der Waals surface area contributed by atoms with E-state index in [0.717, 1.165) is 18.2 Å². The number of pyridine rings is 1. The molecule has 184 valence electrons. The van der Waals surface area contributed by atoms with Gasteiger partial charge in [-0.15, -0.1) is 0 Å². The number of methoxy groups -OCH3 is 1. The zero-order valence-electron chi connectivity index (χ0n) is 19.5. The highest BCUT2D eigenvalue weighted by Crippen LogP contribution is 2.35. The Morgan fingerprint density at radius 1 is 1.37 bits per heavy atom. The molecule has 35 heavy (non-hydrogen) atoms. The van der Waals surface area contributed by atoms with Gasteiger partial charge in [0.15, 0.2) is 0 Å². The van der Waals surface area contributed by atoms with E-state index in [0.29, 0.717) is 28.0 Å². The second-order valence-corrected chi connectivity index (χ2v) is 9.85. The molecule has 4 heterocycles. The minimum absolute atomic E-state index is 0.0843. The van der Waals surface area contributed by atoms with Crippen molar-refractivity contribution in [2.75, 3.05) is 25.1 Å². The lowest BCUT2D eigenvalue weighted by Crippen LogP contribution is -2.57. The average Bonchev–Trinajstić information content (AvgIpc) is 3.14. The van der Waals surface area contributed by atoms with Gasteiger partial charge in [0.25, 0.3) is 11.5 Å². The molecule has 1 N–H and O–H groups in total. The predicted octanol–water partition coefficient (Wildman–Crippen LogP) is 1.56. The van der Waals surface area contributed by atoms with Crippen LogP contribution in [0.2, 0.25) is 0 Å². The Morgan fingerprint density at radius 2 is 2.14 bits per heavy atom. The Hall–Kier alpha value is -3.25. The number of carbonyl (C=O) groups is 3. The zero-order valence-corrected chi connectivity index (χ0v) is 21.1. The summed E-state index contributed by atoms with van der Waals surface area (Å²) in [6.07, 6.45) is 3.59. The first-order valence-corrected chi connectivity index (χ1v) is 12.4. The van der Waals surface area contributed by atoms with Gasteiger partial charge < -0.3 is 15.0 Å². The normalized spacial score (nSPS) is 20.5. The van der Waals surface area contributed by atoms with Gasteiger partial charge in [-0.25, -0.2) is 4.98 Å². The highest BCUT2D eigenvalue weighted by atomic mass is 32.2. The van der Waals surface area contributed by atoms with E-state index in [1.807, 2.05) is 13.8 Å². The third-order valence-corrected chi connectivity index (χ3v) is 7.40. The third-order valence-electron chi connectivity index (χ3n) is 6.07. The molecule has 0 unspecified atom stereocenters. The Labute approximate surface area is 211 Å². The number of ether oxygens (including phenoxy) is 1. The quantitative estimate of drug-likeness (QED) is 0.348. The summed E-state index contributed by atoms with van der Waals surface area (Å²) >= 11 is 6.56. The van der Waals surface area contributed by atoms with E-state index in [2.05, 4.69) is 10.3 Å². The van der Waals surface area contributed by atoms with Gasteiger partial charge in [-0.2, -0.15) is 0 Å². The molecule has 0 aromatic carbocycles. The number of rotatable bonds is 6. The molecule has 0 aliphatic carbocycles. The zero-order chi connectivity index (χ0) is 25.3. The summed E-state index contributed by atoms with van der Waals surface area (Å²) in [6, 6.07) is 4.12. The lowest BCUT2D eigenvalue weighted by Gasteiger charge is -2.36. The van der Waals surface area contributed by atoms with E-state index in [1.165, 1.54) is 17.6 Å². The van der Waals surface area contributed by atoms with Crippen molar-refractivity contribution >= 4 is 63.6 Å². The molecule has 12 heteroatoms. The summed E-state index contributed by atoms with van der Waals surface area (Å²) in [5.74, 6) is -0.990. The molecule has 4 rings (SSSR count). The van der Waals surface area contributed by atoms with Crippen molar-refractivity contribution < 1.29 is 19.1 Å². The molecule has 0 saturated carbocycles. The molecule has 2 aromatic heterocycles. The molecule has 2 atom stereocenters. The number of piperazine rings is 1. The summed E-state index contributed by atoms with van der Waals surface area (Å²) in [5.41, 5.74) is 0.115. The van der Waals surface area contributed by atoms with Crippen LogP contribution in [-0.4, -0.2) is 68.7 Å². The summed E-state index contributed by atoms with van der Waals surface area (Å²) in [4.78, 5) is 59.7. The number of nitrogens with zero attached hydrogens (tertiary/aromatic N) is 4. The van der Waals surface area contributed by atoms with Gasteiger partial charge in [0, 0.05) is 25.3 Å². The largest absolute Gasteiger partial charge is 0.469 e. The van der Waals surface area contributed by atoms with Crippen LogP contribution < -0.4 is 15.8 Å². The third kappa shape index (κ3) is 4.67. The van der Waals surface area contributed by atoms with Crippen LogP contribution in [0.15, 0.2) is 34.1 Å². The number of carbonyl (C=O) groups excluding carboxylic acids is 3. The van der Waals surface area contributed by atoms with E-state index >= 15 is 0 Å². The van der Waals surface area contributed by atoms with Crippen LogP contribution in [0, 0.1) is 0 Å². The maximum Gasteiger partial charge on any atom is 0.308 e. The molecule has 2 amide bonds. The van der Waals surface area contributed by atoms with Crippen LogP contribution in [0.1, 0.15) is 32.3 Å². The summed E-state index contributed by atoms with van der Waals surface area (Å²) in [7, 11) is 1.25. The van der Waals surface area contributed by atoms with Crippen LogP contribution in [0.5, 0.6) is 0 Å². The molecular weight excluding hydrogens is 490 g/mol. The Bertz CT molecular complexity index is 1310. The molecule has 2 saturated heterocycles. The van der Waals surface area contributed by atoms with Crippen LogP contribution in [0.3, 0.4) is 0 Å². The molecule has 0 bridgehead atoms. The minimum Gasteiger partial charge on any atom is -0.469 e. The van der Waals surface area contributed by atoms with Crippen molar-refractivity contribution in [2.24, 2.45) is 0 Å². The summed E-state index contributed by atoms with van der Waals surface area (Å²) < 4.78 is 6.58. The molecule has 2 aromatic rings. The van der Waals surface area contributed by atoms with Gasteiger partial charge in [0.2, 0.25) is 5.91 Å². The topological polar surface area (TPSA) is 113 Å². The van der Waals surface area contributed by atoms with Crippen LogP contribution >= 0.6 is 24.0 Å². The average molecular weight is 516 g/mol. The molecule has 0 radical (unpaired) electrons. The number of nitrogens with one attached hydrogen (secondary N) is 1. The van der Waals surface area contributed by atoms with E-state index < -0.39 is 17.6 Å². The number of thiocarbonyl (C=S) groups is 1. The van der Waals surface area contributed by atoms with Crippen molar-refractivity contribution in [3.63, 3.8) is 0 Å². The van der Waals surface area contributed by atoms with Crippen molar-refractivity contribution in [1.29, 1.82) is 0 Å². The molecule has 2 aliphatic rings. The number of hydrogen-bond donors (Lipinski definition) is 1. The first kappa shape index (κ1) is 24.9. The van der Waals surface area contributed by atoms with Crippen LogP contribution in [-0.2, 0) is 19.1 Å². The minimum atomic E-state index is -0.920. The fourth-order valence-corrected chi connectivity index (χ4v) is 5.47. The standard InChI is InChI=1S/C23H25N5O5S2/c1-4-13(2)28-22(32)16(35-23(28)34)11-14-19(25-17-7-5-6-9-27(17)21(14)31)26-10-8-24-20(30)15(26)12-18(29)33-3/h5-7,9,11,13,15H,4,8,10,12H2,1-3H3,(H,24,30)/b16-11-/t13-,15+/m1/s1. The number of esters is 1. The van der Waals surface area contributed by atoms with Crippen LogP contribution in [0.4, 0.5) is 5.82 Å².